The van der Waals surface area contributed by atoms with Gasteiger partial charge in [0.2, 0.25) is 0 Å². The third-order valence-electron chi connectivity index (χ3n) is 10.4. The zero-order valence-electron chi connectivity index (χ0n) is 38.7. The fourth-order valence-corrected chi connectivity index (χ4v) is 7.48. The Hall–Kier alpha value is -3.05. The fraction of sp³-hybridized carbons (Fsp3) is 0.673. The molecule has 8 N–H and O–H groups in total. The molecule has 0 saturated heterocycles. The number of aliphatic hydroxyl groups is 7. The highest BCUT2D eigenvalue weighted by atomic mass is 31.2. The van der Waals surface area contributed by atoms with E-state index in [1.165, 1.54) is 6.42 Å². The number of phosphoric ester groups is 1. The Labute approximate surface area is 387 Å². The molecular formula is C49H81O15P. The number of rotatable bonds is 37. The molecule has 1 rings (SSSR count). The molecule has 0 spiro atoms. The molecule has 1 aliphatic rings. The first-order valence-corrected chi connectivity index (χ1v) is 25.1. The maximum Gasteiger partial charge on any atom is 0.472 e. The molecule has 0 radical (unpaired) electrons. The van der Waals surface area contributed by atoms with E-state index >= 15 is 0 Å². The van der Waals surface area contributed by atoms with Crippen LogP contribution in [0.3, 0.4) is 0 Å². The molecule has 1 fully saturated rings. The van der Waals surface area contributed by atoms with Gasteiger partial charge in [-0.15, -0.1) is 0 Å². The molecule has 10 atom stereocenters. The number of hydrogen-bond acceptors (Lipinski definition) is 14. The van der Waals surface area contributed by atoms with Crippen LogP contribution < -0.4 is 0 Å². The second-order valence-corrected chi connectivity index (χ2v) is 17.6. The Bertz CT molecular complexity index is 1490. The summed E-state index contributed by atoms with van der Waals surface area (Å²) in [5.74, 6) is -1.32. The van der Waals surface area contributed by atoms with Crippen molar-refractivity contribution in [2.75, 3.05) is 13.2 Å². The summed E-state index contributed by atoms with van der Waals surface area (Å²) in [4.78, 5) is 35.7. The van der Waals surface area contributed by atoms with E-state index in [1.54, 1.807) is 0 Å². The molecule has 3 unspecified atom stereocenters. The summed E-state index contributed by atoms with van der Waals surface area (Å²) in [7, 11) is -5.18. The summed E-state index contributed by atoms with van der Waals surface area (Å²) < 4.78 is 33.4. The molecule has 0 aromatic carbocycles. The lowest BCUT2D eigenvalue weighted by atomic mass is 9.85. The molecule has 65 heavy (non-hydrogen) atoms. The summed E-state index contributed by atoms with van der Waals surface area (Å²) in [5, 5.41) is 70.6. The number of allylic oxidation sites excluding steroid dienone is 13. The van der Waals surface area contributed by atoms with Gasteiger partial charge in [-0.2, -0.15) is 0 Å². The normalized spacial score (nSPS) is 23.2. The van der Waals surface area contributed by atoms with Gasteiger partial charge >= 0.3 is 19.8 Å². The zero-order chi connectivity index (χ0) is 48.1. The highest BCUT2D eigenvalue weighted by molar-refractivity contribution is 7.47. The van der Waals surface area contributed by atoms with Crippen molar-refractivity contribution in [1.82, 2.24) is 0 Å². The summed E-state index contributed by atoms with van der Waals surface area (Å²) >= 11 is 0. The third kappa shape index (κ3) is 30.1. The van der Waals surface area contributed by atoms with Crippen LogP contribution in [-0.4, -0.2) is 121 Å². The average molecular weight is 941 g/mol. The molecule has 0 aromatic heterocycles. The summed E-state index contributed by atoms with van der Waals surface area (Å²) in [6.45, 7) is 2.92. The molecule has 0 aliphatic heterocycles. The van der Waals surface area contributed by atoms with Crippen LogP contribution in [0.4, 0.5) is 0 Å². The number of unbranched alkanes of at least 4 members (excludes halogenated alkanes) is 7. The minimum absolute atomic E-state index is 0.0473. The maximum absolute atomic E-state index is 12.8. The van der Waals surface area contributed by atoms with E-state index in [1.807, 2.05) is 36.5 Å². The van der Waals surface area contributed by atoms with Gasteiger partial charge in [-0.25, -0.2) is 4.57 Å². The molecule has 0 bridgehead atoms. The summed E-state index contributed by atoms with van der Waals surface area (Å²) in [6, 6.07) is 0. The third-order valence-corrected chi connectivity index (χ3v) is 11.4. The first kappa shape index (κ1) is 60.0. The summed E-state index contributed by atoms with van der Waals surface area (Å²) in [5.41, 5.74) is 0. The highest BCUT2D eigenvalue weighted by Crippen LogP contribution is 2.47. The van der Waals surface area contributed by atoms with Gasteiger partial charge < -0.3 is 50.1 Å². The van der Waals surface area contributed by atoms with Crippen molar-refractivity contribution in [2.24, 2.45) is 0 Å². The highest BCUT2D eigenvalue weighted by Gasteiger charge is 2.51. The van der Waals surface area contributed by atoms with Crippen LogP contribution in [0.25, 0.3) is 0 Å². The zero-order valence-corrected chi connectivity index (χ0v) is 39.6. The minimum Gasteiger partial charge on any atom is -0.462 e. The van der Waals surface area contributed by atoms with Crippen LogP contribution in [0.1, 0.15) is 142 Å². The van der Waals surface area contributed by atoms with Crippen LogP contribution in [0, 0.1) is 0 Å². The van der Waals surface area contributed by atoms with Crippen LogP contribution in [0.2, 0.25) is 0 Å². The first-order chi connectivity index (χ1) is 31.2. The van der Waals surface area contributed by atoms with Gasteiger partial charge in [0.25, 0.3) is 0 Å². The number of phosphoric acid groups is 1. The lowest BCUT2D eigenvalue weighted by Crippen LogP contribution is -2.64. The fourth-order valence-electron chi connectivity index (χ4n) is 6.51. The molecule has 0 amide bonds. The van der Waals surface area contributed by atoms with Gasteiger partial charge in [0, 0.05) is 12.8 Å². The molecule has 1 saturated carbocycles. The van der Waals surface area contributed by atoms with Gasteiger partial charge in [-0.3, -0.25) is 18.6 Å². The first-order valence-electron chi connectivity index (χ1n) is 23.6. The van der Waals surface area contributed by atoms with Crippen molar-refractivity contribution in [2.45, 2.75) is 197 Å². The molecule has 15 nitrogen and oxygen atoms in total. The predicted octanol–water partition coefficient (Wildman–Crippen LogP) is 7.22. The van der Waals surface area contributed by atoms with Crippen LogP contribution in [0.5, 0.6) is 0 Å². The maximum atomic E-state index is 12.8. The topological polar surface area (TPSA) is 250 Å². The number of carbonyl (C=O) groups is 2. The smallest absolute Gasteiger partial charge is 0.462 e. The Morgan fingerprint density at radius 1 is 0.554 bits per heavy atom. The molecule has 16 heteroatoms. The van der Waals surface area contributed by atoms with Gasteiger partial charge in [0.1, 0.15) is 43.2 Å². The number of esters is 2. The number of aliphatic hydroxyl groups excluding tert-OH is 7. The lowest BCUT2D eigenvalue weighted by Gasteiger charge is -2.41. The van der Waals surface area contributed by atoms with E-state index in [-0.39, 0.29) is 12.8 Å². The Morgan fingerprint density at radius 3 is 1.63 bits per heavy atom. The van der Waals surface area contributed by atoms with E-state index in [4.69, 9.17) is 18.5 Å². The van der Waals surface area contributed by atoms with Gasteiger partial charge in [-0.1, -0.05) is 137 Å². The number of carbonyl (C=O) groups excluding carboxylic acids is 2. The average Bonchev–Trinajstić information content (AvgIpc) is 3.28. The largest absolute Gasteiger partial charge is 0.472 e. The second kappa shape index (κ2) is 38.0. The Morgan fingerprint density at radius 2 is 1.06 bits per heavy atom. The van der Waals surface area contributed by atoms with Crippen molar-refractivity contribution in [3.8, 4) is 0 Å². The molecule has 0 heterocycles. The number of hydrogen-bond donors (Lipinski definition) is 8. The Balaban J connectivity index is 2.57. The van der Waals surface area contributed by atoms with Crippen LogP contribution >= 0.6 is 7.82 Å². The second-order valence-electron chi connectivity index (χ2n) is 16.2. The van der Waals surface area contributed by atoms with Crippen LogP contribution in [0.15, 0.2) is 85.1 Å². The molecule has 0 aromatic rings. The van der Waals surface area contributed by atoms with Crippen molar-refractivity contribution >= 4 is 19.8 Å². The van der Waals surface area contributed by atoms with E-state index in [0.29, 0.717) is 38.5 Å². The predicted molar refractivity (Wildman–Crippen MR) is 251 cm³/mol. The molecule has 1 aliphatic carbocycles. The van der Waals surface area contributed by atoms with Crippen molar-refractivity contribution in [1.29, 1.82) is 0 Å². The molecular weight excluding hydrogens is 859 g/mol. The van der Waals surface area contributed by atoms with E-state index in [9.17, 15) is 54.8 Å². The van der Waals surface area contributed by atoms with E-state index < -0.39 is 87.9 Å². The van der Waals surface area contributed by atoms with Gasteiger partial charge in [0.05, 0.1) is 18.8 Å². The molecule has 372 valence electrons. The van der Waals surface area contributed by atoms with Gasteiger partial charge in [-0.05, 0) is 77.0 Å². The minimum atomic E-state index is -5.18. The van der Waals surface area contributed by atoms with Crippen molar-refractivity contribution < 1.29 is 73.3 Å². The van der Waals surface area contributed by atoms with E-state index in [2.05, 4.69) is 62.5 Å². The van der Waals surface area contributed by atoms with Crippen molar-refractivity contribution in [3.63, 3.8) is 0 Å². The van der Waals surface area contributed by atoms with E-state index in [0.717, 1.165) is 70.6 Å². The lowest BCUT2D eigenvalue weighted by molar-refractivity contribution is -0.220. The van der Waals surface area contributed by atoms with Crippen molar-refractivity contribution in [3.05, 3.63) is 85.1 Å². The van der Waals surface area contributed by atoms with Gasteiger partial charge in [0.15, 0.2) is 6.10 Å². The van der Waals surface area contributed by atoms with Crippen LogP contribution in [-0.2, 0) is 32.7 Å². The SMILES string of the molecule is CC/C=C\C/C=C\C/C=C\C/C=C\C/C=C\C/C=C\CCC(=O)O[C@H](COC(=O)CCCCCCC[C@@H](O)[C@H](O)C/C=C\CCCCC)COP(=O)(O)OC1[C@H](O)[C@H](O)C(O)[C@H](O)[C@H]1O. The Kier molecular flexibility index (Phi) is 35.0. The summed E-state index contributed by atoms with van der Waals surface area (Å²) in [6.07, 6.45) is 28.0. The number of ether oxygens (including phenoxy) is 2. The quantitative estimate of drug-likeness (QED) is 0.0133. The monoisotopic (exact) mass is 941 g/mol. The standard InChI is InChI=1S/C49H81O15P/c1-3-5-7-9-11-12-13-14-15-16-17-18-19-20-21-22-23-27-32-36-43(53)63-39(38-62-65(59,60)64-49-47(57)45(55)44(54)46(56)48(49)58)37-61-42(52)35-31-28-24-26-30-34-41(51)40(50)33-29-25-10-8-6-4-2/h5,7,11-12,14-15,17-18,20-21,23,25,27,29,39-41,44-51,54-58H,3-4,6,8-10,13,16,19,22,24,26,28,30-38H2,1-2H3,(H,59,60)/b7-5-,12-11-,15-14-,18-17-,21-20-,27-23-,29-25-/t39-,40-,41-,44?,45-,46+,47-,48-,49?/m1/s1.